The minimum Gasteiger partial charge on any atom is -0.350 e. The van der Waals surface area contributed by atoms with Crippen LogP contribution in [0, 0.1) is 6.92 Å². The normalized spacial score (nSPS) is 12.4. The number of hydrogen-bond acceptors (Lipinski definition) is 2. The van der Waals surface area contributed by atoms with E-state index >= 15 is 0 Å². The molecular weight excluding hydrogens is 380 g/mol. The molecule has 3 aromatic rings. The van der Waals surface area contributed by atoms with E-state index < -0.39 is 0 Å². The van der Waals surface area contributed by atoms with Crippen molar-refractivity contribution in [2.75, 3.05) is 0 Å². The first-order chi connectivity index (χ1) is 15.1. The van der Waals surface area contributed by atoms with Crippen LogP contribution in [0.25, 0.3) is 16.8 Å². The lowest BCUT2D eigenvalue weighted by molar-refractivity contribution is -0.117. The van der Waals surface area contributed by atoms with E-state index in [4.69, 9.17) is 0 Å². The number of carbonyl (C=O) groups is 1. The summed E-state index contributed by atoms with van der Waals surface area (Å²) in [5.74, 6) is -0.0267. The van der Waals surface area contributed by atoms with Crippen LogP contribution in [0.2, 0.25) is 0 Å². The summed E-state index contributed by atoms with van der Waals surface area (Å²) in [6.45, 7) is 6.44. The molecule has 2 aromatic carbocycles. The summed E-state index contributed by atoms with van der Waals surface area (Å²) in [5, 5.41) is 5.72. The van der Waals surface area contributed by atoms with Gasteiger partial charge < -0.3 is 5.32 Å². The maximum absolute atomic E-state index is 12.5. The van der Waals surface area contributed by atoms with Gasteiger partial charge in [-0.1, -0.05) is 49.7 Å². The van der Waals surface area contributed by atoms with Gasteiger partial charge in [-0.15, -0.1) is 0 Å². The second-order valence-electron chi connectivity index (χ2n) is 8.41. The second-order valence-corrected chi connectivity index (χ2v) is 8.41. The highest BCUT2D eigenvalue weighted by Gasteiger charge is 2.10. The number of rotatable bonds is 10. The zero-order valence-electron chi connectivity index (χ0n) is 19.0. The molecule has 0 fully saturated rings. The summed E-state index contributed by atoms with van der Waals surface area (Å²) in [7, 11) is 0. The number of benzene rings is 2. The van der Waals surface area contributed by atoms with Gasteiger partial charge in [-0.05, 0) is 91.1 Å². The lowest BCUT2D eigenvalue weighted by Crippen LogP contribution is -2.31. The van der Waals surface area contributed by atoms with E-state index in [1.165, 1.54) is 27.5 Å². The molecule has 0 aliphatic rings. The van der Waals surface area contributed by atoms with Crippen molar-refractivity contribution in [1.82, 2.24) is 10.3 Å². The molecule has 0 aliphatic carbocycles. The first kappa shape index (κ1) is 22.7. The number of unbranched alkanes of at least 4 members (excludes halogenated alkanes) is 1. The molecule has 0 spiro atoms. The van der Waals surface area contributed by atoms with E-state index in [1.54, 1.807) is 12.3 Å². The molecule has 1 N–H and O–H groups in total. The SMILES string of the molecule is CCCCc1c(/C=C/C(=O)N[C@H](C)CCCc2cccnc2)cc(C)c2ccccc12. The monoisotopic (exact) mass is 414 g/mol. The van der Waals surface area contributed by atoms with Crippen molar-refractivity contribution in [3.05, 3.63) is 83.2 Å². The molecule has 1 atom stereocenters. The molecule has 1 aromatic heterocycles. The zero-order valence-corrected chi connectivity index (χ0v) is 19.0. The highest BCUT2D eigenvalue weighted by Crippen LogP contribution is 2.28. The van der Waals surface area contributed by atoms with Crippen LogP contribution >= 0.6 is 0 Å². The number of pyridine rings is 1. The van der Waals surface area contributed by atoms with Crippen molar-refractivity contribution in [1.29, 1.82) is 0 Å². The fraction of sp³-hybridized carbons (Fsp3) is 0.357. The van der Waals surface area contributed by atoms with Crippen LogP contribution in [0.3, 0.4) is 0 Å². The van der Waals surface area contributed by atoms with Crippen LogP contribution in [0.1, 0.15) is 61.8 Å². The lowest BCUT2D eigenvalue weighted by Gasteiger charge is -2.14. The van der Waals surface area contributed by atoms with Crippen molar-refractivity contribution >= 4 is 22.8 Å². The molecule has 162 valence electrons. The van der Waals surface area contributed by atoms with Gasteiger partial charge in [0, 0.05) is 24.5 Å². The third-order valence-corrected chi connectivity index (χ3v) is 5.81. The number of nitrogens with zero attached hydrogens (tertiary/aromatic N) is 1. The van der Waals surface area contributed by atoms with E-state index in [2.05, 4.69) is 67.5 Å². The third-order valence-electron chi connectivity index (χ3n) is 5.81. The maximum atomic E-state index is 12.5. The molecular formula is C28H34N2O. The molecule has 0 aliphatic heterocycles. The molecule has 3 nitrogen and oxygen atoms in total. The van der Waals surface area contributed by atoms with Crippen LogP contribution < -0.4 is 5.32 Å². The van der Waals surface area contributed by atoms with Gasteiger partial charge in [0.15, 0.2) is 0 Å². The Morgan fingerprint density at radius 1 is 1.10 bits per heavy atom. The molecule has 0 saturated heterocycles. The van der Waals surface area contributed by atoms with Gasteiger partial charge in [0.1, 0.15) is 0 Å². The number of aromatic nitrogens is 1. The fourth-order valence-electron chi connectivity index (χ4n) is 4.11. The van der Waals surface area contributed by atoms with Gasteiger partial charge in [0.05, 0.1) is 0 Å². The Balaban J connectivity index is 1.64. The van der Waals surface area contributed by atoms with Crippen LogP contribution in [-0.4, -0.2) is 16.9 Å². The van der Waals surface area contributed by atoms with Crippen molar-refractivity contribution in [2.45, 2.75) is 65.3 Å². The first-order valence-corrected chi connectivity index (χ1v) is 11.5. The van der Waals surface area contributed by atoms with Crippen LogP contribution in [0.15, 0.2) is 60.9 Å². The summed E-state index contributed by atoms with van der Waals surface area (Å²) in [5.41, 5.74) is 4.99. The number of nitrogens with one attached hydrogen (secondary N) is 1. The zero-order chi connectivity index (χ0) is 22.1. The van der Waals surface area contributed by atoms with Crippen molar-refractivity contribution in [3.8, 4) is 0 Å². The minimum absolute atomic E-state index is 0.0267. The van der Waals surface area contributed by atoms with Gasteiger partial charge >= 0.3 is 0 Å². The molecule has 0 bridgehead atoms. The van der Waals surface area contributed by atoms with Crippen molar-refractivity contribution in [3.63, 3.8) is 0 Å². The number of aryl methyl sites for hydroxylation is 3. The Labute approximate surface area is 186 Å². The van der Waals surface area contributed by atoms with Crippen LogP contribution in [-0.2, 0) is 17.6 Å². The van der Waals surface area contributed by atoms with E-state index in [1.807, 2.05) is 18.3 Å². The molecule has 1 amide bonds. The Kier molecular flexibility index (Phi) is 8.40. The highest BCUT2D eigenvalue weighted by molar-refractivity contribution is 5.95. The standard InChI is InChI=1S/C28H34N2O/c1-4-5-13-26-24(19-21(2)25-14-6-7-15-27(25)26)16-17-28(31)30-22(3)10-8-11-23-12-9-18-29-20-23/h6-7,9,12,14-20,22H,4-5,8,10-11,13H2,1-3H3,(H,30,31)/b17-16+/t22-/m1/s1. The quantitative estimate of drug-likeness (QED) is 0.389. The van der Waals surface area contributed by atoms with E-state index in [0.717, 1.165) is 44.1 Å². The number of hydrogen-bond donors (Lipinski definition) is 1. The molecule has 0 unspecified atom stereocenters. The van der Waals surface area contributed by atoms with Crippen LogP contribution in [0.4, 0.5) is 0 Å². The third kappa shape index (κ3) is 6.52. The van der Waals surface area contributed by atoms with E-state index in [-0.39, 0.29) is 11.9 Å². The Bertz CT molecular complexity index is 1020. The molecule has 0 radical (unpaired) electrons. The van der Waals surface area contributed by atoms with Gasteiger partial charge in [-0.3, -0.25) is 9.78 Å². The fourth-order valence-corrected chi connectivity index (χ4v) is 4.11. The maximum Gasteiger partial charge on any atom is 0.244 e. The summed E-state index contributed by atoms with van der Waals surface area (Å²) in [6.07, 6.45) is 13.7. The summed E-state index contributed by atoms with van der Waals surface area (Å²) in [4.78, 5) is 16.7. The van der Waals surface area contributed by atoms with Crippen molar-refractivity contribution < 1.29 is 4.79 Å². The predicted molar refractivity (Wildman–Crippen MR) is 131 cm³/mol. The Hall–Kier alpha value is -2.94. The minimum atomic E-state index is -0.0267. The molecule has 3 rings (SSSR count). The largest absolute Gasteiger partial charge is 0.350 e. The van der Waals surface area contributed by atoms with Gasteiger partial charge in [0.25, 0.3) is 0 Å². The molecule has 1 heterocycles. The average Bonchev–Trinajstić information content (AvgIpc) is 2.78. The summed E-state index contributed by atoms with van der Waals surface area (Å²) in [6, 6.07) is 15.0. The number of amides is 1. The van der Waals surface area contributed by atoms with E-state index in [0.29, 0.717) is 0 Å². The molecule has 31 heavy (non-hydrogen) atoms. The van der Waals surface area contributed by atoms with Gasteiger partial charge in [-0.25, -0.2) is 0 Å². The topological polar surface area (TPSA) is 42.0 Å². The van der Waals surface area contributed by atoms with Gasteiger partial charge in [-0.2, -0.15) is 0 Å². The summed E-state index contributed by atoms with van der Waals surface area (Å²) < 4.78 is 0. The lowest BCUT2D eigenvalue weighted by atomic mass is 9.92. The van der Waals surface area contributed by atoms with Crippen LogP contribution in [0.5, 0.6) is 0 Å². The van der Waals surface area contributed by atoms with E-state index in [9.17, 15) is 4.79 Å². The second kappa shape index (κ2) is 11.5. The molecule has 3 heteroatoms. The van der Waals surface area contributed by atoms with Gasteiger partial charge in [0.2, 0.25) is 5.91 Å². The Morgan fingerprint density at radius 3 is 2.65 bits per heavy atom. The smallest absolute Gasteiger partial charge is 0.244 e. The predicted octanol–water partition coefficient (Wildman–Crippen LogP) is 6.43. The number of carbonyl (C=O) groups excluding carboxylic acids is 1. The van der Waals surface area contributed by atoms with Crippen molar-refractivity contribution in [2.24, 2.45) is 0 Å². The average molecular weight is 415 g/mol. The summed E-state index contributed by atoms with van der Waals surface area (Å²) >= 11 is 0. The first-order valence-electron chi connectivity index (χ1n) is 11.5. The highest BCUT2D eigenvalue weighted by atomic mass is 16.1. The Morgan fingerprint density at radius 2 is 1.90 bits per heavy atom. The number of fused-ring (bicyclic) bond motifs is 1. The molecule has 0 saturated carbocycles.